The number of aryl methyl sites for hydroxylation is 2. The van der Waals surface area contributed by atoms with Crippen LogP contribution in [0.4, 0.5) is 5.69 Å². The number of fused-ring (bicyclic) bond motifs is 1. The molecule has 1 N–H and O–H groups in total. The number of nitrogens with zero attached hydrogens (tertiary/aromatic N) is 2. The van der Waals surface area contributed by atoms with Crippen molar-refractivity contribution in [3.05, 3.63) is 77.9 Å². The van der Waals surface area contributed by atoms with E-state index < -0.39 is 41.1 Å². The second-order valence-corrected chi connectivity index (χ2v) is 12.2. The van der Waals surface area contributed by atoms with Gasteiger partial charge < -0.3 is 24.4 Å². The van der Waals surface area contributed by atoms with Crippen molar-refractivity contribution >= 4 is 23.5 Å². The topological polar surface area (TPSA) is 96.4 Å². The van der Waals surface area contributed by atoms with Crippen molar-refractivity contribution in [2.24, 2.45) is 17.8 Å². The lowest BCUT2D eigenvalue weighted by atomic mass is 9.62. The summed E-state index contributed by atoms with van der Waals surface area (Å²) < 4.78 is 12.3. The number of anilines is 1. The van der Waals surface area contributed by atoms with E-state index in [4.69, 9.17) is 9.47 Å². The monoisotopic (exact) mass is 574 g/mol. The molecule has 2 amide bonds. The lowest BCUT2D eigenvalue weighted by Crippen LogP contribution is -2.59. The molecule has 2 bridgehead atoms. The SMILES string of the molecule is C=CCN(C(=O)C1N([C@@H](CO)Cc2ccccc2)C(=O)[C@@H]2[C@@H](C(=O)OCC)[C@]3(C)OC12CC3C)c1c(C)cccc1C. The van der Waals surface area contributed by atoms with Crippen LogP contribution in [-0.2, 0) is 30.3 Å². The number of aliphatic hydroxyl groups is 1. The molecular weight excluding hydrogens is 532 g/mol. The summed E-state index contributed by atoms with van der Waals surface area (Å²) in [5, 5.41) is 10.7. The van der Waals surface area contributed by atoms with Crippen LogP contribution >= 0.6 is 0 Å². The molecule has 42 heavy (non-hydrogen) atoms. The van der Waals surface area contributed by atoms with Crippen LogP contribution in [0.1, 0.15) is 43.9 Å². The van der Waals surface area contributed by atoms with Gasteiger partial charge in [-0.3, -0.25) is 14.4 Å². The minimum atomic E-state index is -1.25. The highest BCUT2D eigenvalue weighted by molar-refractivity contribution is 6.05. The Morgan fingerprint density at radius 2 is 1.86 bits per heavy atom. The first kappa shape index (κ1) is 30.0. The Morgan fingerprint density at radius 3 is 2.45 bits per heavy atom. The summed E-state index contributed by atoms with van der Waals surface area (Å²) in [6.07, 6.45) is 2.45. The zero-order valence-corrected chi connectivity index (χ0v) is 25.2. The van der Waals surface area contributed by atoms with Gasteiger partial charge >= 0.3 is 5.97 Å². The van der Waals surface area contributed by atoms with E-state index in [1.807, 2.05) is 76.2 Å². The maximum absolute atomic E-state index is 15.0. The minimum absolute atomic E-state index is 0.110. The number of para-hydroxylation sites is 1. The average Bonchev–Trinajstić information content (AvgIpc) is 3.48. The first-order chi connectivity index (χ1) is 20.0. The van der Waals surface area contributed by atoms with Gasteiger partial charge in [-0.15, -0.1) is 6.58 Å². The second-order valence-electron chi connectivity index (χ2n) is 12.2. The first-order valence-corrected chi connectivity index (χ1v) is 14.9. The van der Waals surface area contributed by atoms with Crippen LogP contribution in [0.15, 0.2) is 61.2 Å². The van der Waals surface area contributed by atoms with Crippen molar-refractivity contribution in [3.63, 3.8) is 0 Å². The second kappa shape index (κ2) is 11.3. The van der Waals surface area contributed by atoms with Gasteiger partial charge in [0.2, 0.25) is 5.91 Å². The van der Waals surface area contributed by atoms with Gasteiger partial charge in [-0.2, -0.15) is 0 Å². The molecule has 3 saturated heterocycles. The van der Waals surface area contributed by atoms with Crippen LogP contribution < -0.4 is 4.90 Å². The van der Waals surface area contributed by atoms with Crippen LogP contribution in [0.3, 0.4) is 0 Å². The van der Waals surface area contributed by atoms with Gasteiger partial charge in [-0.1, -0.05) is 61.5 Å². The normalized spacial score (nSPS) is 30.2. The summed E-state index contributed by atoms with van der Waals surface area (Å²) in [6, 6.07) is 13.7. The van der Waals surface area contributed by atoms with Crippen molar-refractivity contribution in [1.82, 2.24) is 4.90 Å². The summed E-state index contributed by atoms with van der Waals surface area (Å²) in [4.78, 5) is 46.4. The van der Waals surface area contributed by atoms with E-state index in [1.54, 1.807) is 17.9 Å². The fraction of sp³-hybridized carbons (Fsp3) is 0.500. The van der Waals surface area contributed by atoms with E-state index in [-0.39, 0.29) is 37.5 Å². The highest BCUT2D eigenvalue weighted by Crippen LogP contribution is 2.65. The van der Waals surface area contributed by atoms with Crippen molar-refractivity contribution in [1.29, 1.82) is 0 Å². The molecule has 8 nitrogen and oxygen atoms in total. The summed E-state index contributed by atoms with van der Waals surface area (Å²) >= 11 is 0. The molecule has 0 aliphatic carbocycles. The van der Waals surface area contributed by atoms with Gasteiger partial charge in [-0.05, 0) is 63.1 Å². The van der Waals surface area contributed by atoms with Crippen LogP contribution in [0, 0.1) is 31.6 Å². The third-order valence-corrected chi connectivity index (χ3v) is 9.73. The number of carbonyl (C=O) groups excluding carboxylic acids is 3. The van der Waals surface area contributed by atoms with Crippen LogP contribution in [-0.4, -0.2) is 70.8 Å². The molecule has 7 atom stereocenters. The molecule has 5 rings (SSSR count). The molecule has 224 valence electrons. The van der Waals surface area contributed by atoms with Gasteiger partial charge in [0.15, 0.2) is 0 Å². The maximum atomic E-state index is 15.0. The summed E-state index contributed by atoms with van der Waals surface area (Å²) in [6.45, 7) is 13.5. The largest absolute Gasteiger partial charge is 0.466 e. The Labute approximate surface area is 248 Å². The molecule has 0 aromatic heterocycles. The van der Waals surface area contributed by atoms with E-state index >= 15 is 4.79 Å². The van der Waals surface area contributed by atoms with Crippen molar-refractivity contribution in [2.45, 2.75) is 70.7 Å². The number of aliphatic hydroxyl groups excluding tert-OH is 1. The molecular formula is C34H42N2O6. The lowest BCUT2D eigenvalue weighted by Gasteiger charge is -2.40. The summed E-state index contributed by atoms with van der Waals surface area (Å²) in [5.74, 6) is -3.02. The molecule has 3 heterocycles. The fourth-order valence-corrected chi connectivity index (χ4v) is 7.88. The van der Waals surface area contributed by atoms with E-state index in [9.17, 15) is 14.7 Å². The highest BCUT2D eigenvalue weighted by atomic mass is 16.6. The maximum Gasteiger partial charge on any atom is 0.312 e. The van der Waals surface area contributed by atoms with E-state index in [0.29, 0.717) is 12.8 Å². The third kappa shape index (κ3) is 4.47. The molecule has 2 aromatic rings. The molecule has 0 radical (unpaired) electrons. The minimum Gasteiger partial charge on any atom is -0.466 e. The number of esters is 1. The lowest BCUT2D eigenvalue weighted by molar-refractivity contribution is -0.162. The Balaban J connectivity index is 1.68. The Kier molecular flexibility index (Phi) is 8.07. The number of hydrogen-bond acceptors (Lipinski definition) is 6. The Hall–Kier alpha value is -3.49. The molecule has 3 aliphatic rings. The molecule has 3 fully saturated rings. The van der Waals surface area contributed by atoms with Crippen molar-refractivity contribution < 1.29 is 29.0 Å². The summed E-state index contributed by atoms with van der Waals surface area (Å²) in [7, 11) is 0. The summed E-state index contributed by atoms with van der Waals surface area (Å²) in [5.41, 5.74) is 1.30. The number of likely N-dealkylation sites (tertiary alicyclic amines) is 1. The molecule has 3 unspecified atom stereocenters. The van der Waals surface area contributed by atoms with Gasteiger partial charge in [-0.25, -0.2) is 0 Å². The smallest absolute Gasteiger partial charge is 0.312 e. The molecule has 0 saturated carbocycles. The quantitative estimate of drug-likeness (QED) is 0.341. The predicted molar refractivity (Wildman–Crippen MR) is 160 cm³/mol. The van der Waals surface area contributed by atoms with E-state index in [0.717, 1.165) is 22.4 Å². The number of benzene rings is 2. The Morgan fingerprint density at radius 1 is 1.19 bits per heavy atom. The Bertz CT molecular complexity index is 1360. The van der Waals surface area contributed by atoms with Gasteiger partial charge in [0.1, 0.15) is 17.6 Å². The number of hydrogen-bond donors (Lipinski definition) is 1. The van der Waals surface area contributed by atoms with Gasteiger partial charge in [0, 0.05) is 12.2 Å². The number of ether oxygens (including phenoxy) is 2. The average molecular weight is 575 g/mol. The molecule has 2 aromatic carbocycles. The van der Waals surface area contributed by atoms with Crippen molar-refractivity contribution in [2.75, 3.05) is 24.7 Å². The predicted octanol–water partition coefficient (Wildman–Crippen LogP) is 4.00. The number of carbonyl (C=O) groups is 3. The standard InChI is InChI=1S/C34H42N2O6/c1-7-17-35(28-21(3)13-12-14-22(28)4)31(39)29-34-19-23(5)33(6,42-34)27(32(40)41-8-2)26(34)30(38)36(29)25(20-37)18-24-15-10-9-11-16-24/h7,9-16,23,25-27,29,37H,1,8,17-20H2,2-6H3/t23?,25-,26+,27+,29?,33-,34?/m1/s1. The molecule has 3 aliphatic heterocycles. The van der Waals surface area contributed by atoms with Crippen LogP contribution in [0.25, 0.3) is 0 Å². The number of amides is 2. The van der Waals surface area contributed by atoms with Gasteiger partial charge in [0.05, 0.1) is 30.8 Å². The van der Waals surface area contributed by atoms with Crippen molar-refractivity contribution in [3.8, 4) is 0 Å². The molecule has 8 heteroatoms. The van der Waals surface area contributed by atoms with Crippen LogP contribution in [0.2, 0.25) is 0 Å². The zero-order chi connectivity index (χ0) is 30.4. The zero-order valence-electron chi connectivity index (χ0n) is 25.2. The first-order valence-electron chi connectivity index (χ1n) is 14.9. The third-order valence-electron chi connectivity index (χ3n) is 9.73. The highest BCUT2D eigenvalue weighted by Gasteiger charge is 2.80. The fourth-order valence-electron chi connectivity index (χ4n) is 7.88. The van der Waals surface area contributed by atoms with E-state index in [2.05, 4.69) is 6.58 Å². The molecule has 1 spiro atoms. The van der Waals surface area contributed by atoms with Crippen LogP contribution in [0.5, 0.6) is 0 Å². The number of rotatable bonds is 10. The van der Waals surface area contributed by atoms with Gasteiger partial charge in [0.25, 0.3) is 5.91 Å². The van der Waals surface area contributed by atoms with E-state index in [1.165, 1.54) is 4.90 Å².